The van der Waals surface area contributed by atoms with Gasteiger partial charge < -0.3 is 15.2 Å². The molecule has 1 aliphatic rings. The van der Waals surface area contributed by atoms with Gasteiger partial charge in [0.05, 0.1) is 11.1 Å². The fourth-order valence-electron chi connectivity index (χ4n) is 2.57. The Morgan fingerprint density at radius 2 is 2.22 bits per heavy atom. The van der Waals surface area contributed by atoms with Gasteiger partial charge in [-0.1, -0.05) is 37.6 Å². The summed E-state index contributed by atoms with van der Waals surface area (Å²) < 4.78 is 5.42. The zero-order valence-electron chi connectivity index (χ0n) is 11.0. The van der Waals surface area contributed by atoms with Crippen LogP contribution in [0.5, 0.6) is 5.75 Å². The molecular formula is C14H20ClNO2. The molecule has 1 aromatic rings. The summed E-state index contributed by atoms with van der Waals surface area (Å²) in [4.78, 5) is 0. The Balaban J connectivity index is 1.95. The number of nitrogens with one attached hydrogen (secondary N) is 1. The predicted molar refractivity (Wildman–Crippen MR) is 72.9 cm³/mol. The van der Waals surface area contributed by atoms with E-state index in [0.29, 0.717) is 23.7 Å². The molecule has 1 fully saturated rings. The average molecular weight is 270 g/mol. The number of hydrogen-bond donors (Lipinski definition) is 2. The number of methoxy groups -OCH3 is 1. The van der Waals surface area contributed by atoms with Crippen molar-refractivity contribution in [2.75, 3.05) is 7.11 Å². The van der Waals surface area contributed by atoms with Crippen LogP contribution in [0.2, 0.25) is 5.02 Å². The molecule has 4 heteroatoms. The number of hydrogen-bond acceptors (Lipinski definition) is 3. The van der Waals surface area contributed by atoms with Crippen LogP contribution in [-0.4, -0.2) is 24.4 Å². The lowest BCUT2D eigenvalue weighted by atomic mass is 9.64. The minimum atomic E-state index is 0.128. The Bertz CT molecular complexity index is 434. The Morgan fingerprint density at radius 1 is 1.50 bits per heavy atom. The van der Waals surface area contributed by atoms with E-state index < -0.39 is 0 Å². The first-order chi connectivity index (χ1) is 8.46. The minimum absolute atomic E-state index is 0.128. The van der Waals surface area contributed by atoms with E-state index in [4.69, 9.17) is 16.3 Å². The Hall–Kier alpha value is -0.770. The molecule has 100 valence electrons. The van der Waals surface area contributed by atoms with Crippen LogP contribution >= 0.6 is 11.6 Å². The van der Waals surface area contributed by atoms with Gasteiger partial charge in [0, 0.05) is 30.7 Å². The smallest absolute Gasteiger partial charge is 0.138 e. The van der Waals surface area contributed by atoms with E-state index in [2.05, 4.69) is 19.2 Å². The van der Waals surface area contributed by atoms with Crippen LogP contribution in [0, 0.1) is 5.41 Å². The number of ether oxygens (including phenoxy) is 1. The van der Waals surface area contributed by atoms with Crippen molar-refractivity contribution in [2.24, 2.45) is 5.41 Å². The van der Waals surface area contributed by atoms with E-state index in [1.807, 2.05) is 12.1 Å². The van der Waals surface area contributed by atoms with Crippen LogP contribution in [-0.2, 0) is 11.3 Å². The summed E-state index contributed by atoms with van der Waals surface area (Å²) in [6.07, 6.45) is 1.31. The molecule has 2 rings (SSSR count). The molecule has 1 saturated carbocycles. The molecule has 1 aromatic carbocycles. The van der Waals surface area contributed by atoms with Crippen molar-refractivity contribution in [1.82, 2.24) is 5.32 Å². The molecule has 0 radical (unpaired) electrons. The van der Waals surface area contributed by atoms with Crippen molar-refractivity contribution in [3.63, 3.8) is 0 Å². The Kier molecular flexibility index (Phi) is 3.85. The predicted octanol–water partition coefficient (Wildman–Crippen LogP) is 2.95. The molecule has 2 N–H and O–H groups in total. The maximum Gasteiger partial charge on any atom is 0.138 e. The lowest BCUT2D eigenvalue weighted by Crippen LogP contribution is -2.60. The molecular weight excluding hydrogens is 250 g/mol. The molecule has 0 spiro atoms. The number of phenols is 1. The van der Waals surface area contributed by atoms with E-state index in [9.17, 15) is 5.11 Å². The third-order valence-corrected chi connectivity index (χ3v) is 4.38. The van der Waals surface area contributed by atoms with Crippen molar-refractivity contribution in [2.45, 2.75) is 39.0 Å². The van der Waals surface area contributed by atoms with Gasteiger partial charge in [0.15, 0.2) is 0 Å². The highest BCUT2D eigenvalue weighted by molar-refractivity contribution is 6.32. The second kappa shape index (κ2) is 5.08. The first-order valence-corrected chi connectivity index (χ1v) is 6.57. The van der Waals surface area contributed by atoms with Crippen molar-refractivity contribution < 1.29 is 9.84 Å². The van der Waals surface area contributed by atoms with Crippen LogP contribution < -0.4 is 5.32 Å². The molecule has 18 heavy (non-hydrogen) atoms. The van der Waals surface area contributed by atoms with E-state index >= 15 is 0 Å². The molecule has 0 bridgehead atoms. The second-order valence-electron chi connectivity index (χ2n) is 5.46. The highest BCUT2D eigenvalue weighted by atomic mass is 35.5. The average Bonchev–Trinajstić information content (AvgIpc) is 2.33. The number of rotatable bonds is 4. The molecule has 0 saturated heterocycles. The SMILES string of the molecule is COC1CC(NCc2cccc(Cl)c2O)C1(C)C. The number of para-hydroxylation sites is 1. The van der Waals surface area contributed by atoms with Gasteiger partial charge in [0.2, 0.25) is 0 Å². The van der Waals surface area contributed by atoms with E-state index in [1.165, 1.54) is 0 Å². The fraction of sp³-hybridized carbons (Fsp3) is 0.571. The van der Waals surface area contributed by atoms with Gasteiger partial charge in [-0.3, -0.25) is 0 Å². The van der Waals surface area contributed by atoms with Crippen molar-refractivity contribution >= 4 is 11.6 Å². The number of aromatic hydroxyl groups is 1. The van der Waals surface area contributed by atoms with E-state index in [0.717, 1.165) is 12.0 Å². The highest BCUT2D eigenvalue weighted by Gasteiger charge is 2.48. The van der Waals surface area contributed by atoms with Crippen LogP contribution in [0.15, 0.2) is 18.2 Å². The van der Waals surface area contributed by atoms with Crippen LogP contribution in [0.4, 0.5) is 0 Å². The standard InChI is InChI=1S/C14H20ClNO2/c1-14(2)11(7-12(14)18-3)16-8-9-5-4-6-10(15)13(9)17/h4-6,11-12,16-17H,7-8H2,1-3H3. The van der Waals surface area contributed by atoms with Gasteiger partial charge in [-0.05, 0) is 12.5 Å². The normalized spacial score (nSPS) is 25.8. The monoisotopic (exact) mass is 269 g/mol. The molecule has 2 atom stereocenters. The van der Waals surface area contributed by atoms with Gasteiger partial charge in [-0.15, -0.1) is 0 Å². The quantitative estimate of drug-likeness (QED) is 0.883. The van der Waals surface area contributed by atoms with Gasteiger partial charge in [0.1, 0.15) is 5.75 Å². The molecule has 0 amide bonds. The number of halogens is 1. The second-order valence-corrected chi connectivity index (χ2v) is 5.87. The van der Waals surface area contributed by atoms with E-state index in [-0.39, 0.29) is 11.2 Å². The lowest BCUT2D eigenvalue weighted by Gasteiger charge is -2.51. The van der Waals surface area contributed by atoms with Crippen molar-refractivity contribution in [1.29, 1.82) is 0 Å². The summed E-state index contributed by atoms with van der Waals surface area (Å²) in [5.41, 5.74) is 0.960. The topological polar surface area (TPSA) is 41.5 Å². The highest BCUT2D eigenvalue weighted by Crippen LogP contribution is 2.42. The summed E-state index contributed by atoms with van der Waals surface area (Å²) in [6, 6.07) is 5.83. The summed E-state index contributed by atoms with van der Waals surface area (Å²) in [7, 11) is 1.76. The Labute approximate surface area is 113 Å². The maximum atomic E-state index is 9.83. The molecule has 0 aliphatic heterocycles. The van der Waals surface area contributed by atoms with E-state index in [1.54, 1.807) is 13.2 Å². The van der Waals surface area contributed by atoms with Crippen LogP contribution in [0.3, 0.4) is 0 Å². The van der Waals surface area contributed by atoms with Gasteiger partial charge in [-0.25, -0.2) is 0 Å². The molecule has 0 heterocycles. The molecule has 2 unspecified atom stereocenters. The first kappa shape index (κ1) is 13.7. The zero-order valence-corrected chi connectivity index (χ0v) is 11.8. The van der Waals surface area contributed by atoms with Gasteiger partial charge in [-0.2, -0.15) is 0 Å². The third kappa shape index (κ3) is 2.35. The molecule has 0 aromatic heterocycles. The summed E-state index contributed by atoms with van der Waals surface area (Å²) >= 11 is 5.88. The van der Waals surface area contributed by atoms with Crippen LogP contribution in [0.1, 0.15) is 25.8 Å². The summed E-state index contributed by atoms with van der Waals surface area (Å²) in [6.45, 7) is 5.01. The number of benzene rings is 1. The first-order valence-electron chi connectivity index (χ1n) is 6.19. The van der Waals surface area contributed by atoms with Crippen LogP contribution in [0.25, 0.3) is 0 Å². The van der Waals surface area contributed by atoms with Crippen molar-refractivity contribution in [3.8, 4) is 5.75 Å². The largest absolute Gasteiger partial charge is 0.506 e. The zero-order chi connectivity index (χ0) is 13.3. The molecule has 3 nitrogen and oxygen atoms in total. The third-order valence-electron chi connectivity index (χ3n) is 4.07. The maximum absolute atomic E-state index is 9.83. The number of phenolic OH excluding ortho intramolecular Hbond substituents is 1. The summed E-state index contributed by atoms with van der Waals surface area (Å²) in [5.74, 6) is 0.173. The lowest BCUT2D eigenvalue weighted by molar-refractivity contribution is -0.0979. The van der Waals surface area contributed by atoms with Gasteiger partial charge in [0.25, 0.3) is 0 Å². The van der Waals surface area contributed by atoms with Crippen molar-refractivity contribution in [3.05, 3.63) is 28.8 Å². The molecule has 1 aliphatic carbocycles. The summed E-state index contributed by atoms with van der Waals surface area (Å²) in [5, 5.41) is 13.7. The minimum Gasteiger partial charge on any atom is -0.506 e. The Morgan fingerprint density at radius 3 is 2.83 bits per heavy atom. The van der Waals surface area contributed by atoms with Gasteiger partial charge >= 0.3 is 0 Å². The fourth-order valence-corrected chi connectivity index (χ4v) is 2.76.